The average Bonchev–Trinajstić information content (AvgIpc) is 3.03. The quantitative estimate of drug-likeness (QED) is 0.935. The van der Waals surface area contributed by atoms with Crippen LogP contribution >= 0.6 is 0 Å². The van der Waals surface area contributed by atoms with Crippen molar-refractivity contribution in [3.8, 4) is 0 Å². The van der Waals surface area contributed by atoms with Crippen molar-refractivity contribution in [1.82, 2.24) is 14.7 Å². The molecule has 1 N–H and O–H groups in total. The molecule has 4 nitrogen and oxygen atoms in total. The Kier molecular flexibility index (Phi) is 3.39. The van der Waals surface area contributed by atoms with E-state index in [1.807, 2.05) is 23.1 Å². The fraction of sp³-hybridized carbons (Fsp3) is 0.471. The van der Waals surface area contributed by atoms with Crippen LogP contribution < -0.4 is 5.32 Å². The predicted molar refractivity (Wildman–Crippen MR) is 84.3 cm³/mol. The van der Waals surface area contributed by atoms with E-state index in [0.717, 1.165) is 12.5 Å². The van der Waals surface area contributed by atoms with E-state index in [2.05, 4.69) is 39.6 Å². The molecule has 2 bridgehead atoms. The maximum atomic E-state index is 4.25. The van der Waals surface area contributed by atoms with Crippen molar-refractivity contribution in [2.75, 3.05) is 25.0 Å². The second kappa shape index (κ2) is 5.53. The van der Waals surface area contributed by atoms with Crippen LogP contribution in [0.5, 0.6) is 0 Å². The van der Waals surface area contributed by atoms with Crippen LogP contribution in [0.15, 0.2) is 42.7 Å². The summed E-state index contributed by atoms with van der Waals surface area (Å²) in [7, 11) is 0. The van der Waals surface area contributed by atoms with Gasteiger partial charge in [0.25, 0.3) is 0 Å². The first-order chi connectivity index (χ1) is 10.4. The lowest BCUT2D eigenvalue weighted by molar-refractivity contribution is 0.0975. The van der Waals surface area contributed by atoms with Gasteiger partial charge in [-0.25, -0.2) is 0 Å². The van der Waals surface area contributed by atoms with Crippen molar-refractivity contribution in [2.24, 2.45) is 5.92 Å². The normalized spacial score (nSPS) is 27.7. The number of fused-ring (bicyclic) bond motifs is 3. The van der Waals surface area contributed by atoms with Gasteiger partial charge < -0.3 is 10.2 Å². The molecule has 0 unspecified atom stereocenters. The van der Waals surface area contributed by atoms with E-state index in [1.165, 1.54) is 43.7 Å². The van der Waals surface area contributed by atoms with Gasteiger partial charge in [-0.3, -0.25) is 4.68 Å². The first-order valence-electron chi connectivity index (χ1n) is 7.92. The highest BCUT2D eigenvalue weighted by molar-refractivity contribution is 5.46. The molecule has 0 spiro atoms. The van der Waals surface area contributed by atoms with Crippen molar-refractivity contribution >= 4 is 5.69 Å². The molecule has 5 rings (SSSR count). The molecule has 1 aromatic carbocycles. The molecular formula is C17H22N4. The van der Waals surface area contributed by atoms with Crippen LogP contribution in [0.1, 0.15) is 18.4 Å². The minimum atomic E-state index is 0.629. The SMILES string of the molecule is c1cnn(Cc2ccc(N[C@@H]3CN4CCC3CC4)cc2)c1. The average molecular weight is 282 g/mol. The lowest BCUT2D eigenvalue weighted by atomic mass is 9.84. The predicted octanol–water partition coefficient (Wildman–Crippen LogP) is 2.44. The number of hydrogen-bond acceptors (Lipinski definition) is 3. The molecule has 3 aliphatic heterocycles. The Labute approximate surface area is 125 Å². The molecule has 1 atom stereocenters. The van der Waals surface area contributed by atoms with Crippen molar-refractivity contribution < 1.29 is 0 Å². The van der Waals surface area contributed by atoms with Gasteiger partial charge in [-0.1, -0.05) is 12.1 Å². The molecule has 0 saturated carbocycles. The second-order valence-corrected chi connectivity index (χ2v) is 6.29. The maximum Gasteiger partial charge on any atom is 0.0659 e. The Bertz CT molecular complexity index is 567. The number of hydrogen-bond donors (Lipinski definition) is 1. The van der Waals surface area contributed by atoms with Crippen LogP contribution in [-0.2, 0) is 6.54 Å². The topological polar surface area (TPSA) is 33.1 Å². The highest BCUT2D eigenvalue weighted by Crippen LogP contribution is 2.29. The van der Waals surface area contributed by atoms with Crippen molar-refractivity contribution in [1.29, 1.82) is 0 Å². The summed E-state index contributed by atoms with van der Waals surface area (Å²) in [6, 6.07) is 11.4. The molecular weight excluding hydrogens is 260 g/mol. The molecule has 1 aromatic heterocycles. The van der Waals surface area contributed by atoms with Gasteiger partial charge in [0.05, 0.1) is 6.54 Å². The number of nitrogens with zero attached hydrogens (tertiary/aromatic N) is 3. The minimum Gasteiger partial charge on any atom is -0.381 e. The Morgan fingerprint density at radius 3 is 2.57 bits per heavy atom. The Morgan fingerprint density at radius 2 is 1.95 bits per heavy atom. The van der Waals surface area contributed by atoms with Crippen LogP contribution in [0.4, 0.5) is 5.69 Å². The molecule has 3 saturated heterocycles. The molecule has 3 fully saturated rings. The Balaban J connectivity index is 1.40. The summed E-state index contributed by atoms with van der Waals surface area (Å²) in [4.78, 5) is 2.59. The highest BCUT2D eigenvalue weighted by Gasteiger charge is 2.33. The first-order valence-corrected chi connectivity index (χ1v) is 7.92. The van der Waals surface area contributed by atoms with Crippen LogP contribution in [0, 0.1) is 5.92 Å². The number of benzene rings is 1. The van der Waals surface area contributed by atoms with Gasteiger partial charge in [0.15, 0.2) is 0 Å². The summed E-state index contributed by atoms with van der Waals surface area (Å²) in [5, 5.41) is 7.98. The van der Waals surface area contributed by atoms with E-state index in [4.69, 9.17) is 0 Å². The molecule has 0 aliphatic carbocycles. The Morgan fingerprint density at radius 1 is 1.14 bits per heavy atom. The molecule has 0 radical (unpaired) electrons. The van der Waals surface area contributed by atoms with E-state index in [-0.39, 0.29) is 0 Å². The third-order valence-electron chi connectivity index (χ3n) is 4.87. The standard InChI is InChI=1S/C17H22N4/c1-8-18-21(9-1)12-14-2-4-16(5-3-14)19-17-13-20-10-6-15(17)7-11-20/h1-5,8-9,15,17,19H,6-7,10-13H2/t17-/m1/s1. The molecule has 110 valence electrons. The summed E-state index contributed by atoms with van der Waals surface area (Å²) >= 11 is 0. The van der Waals surface area contributed by atoms with E-state index < -0.39 is 0 Å². The maximum absolute atomic E-state index is 4.25. The van der Waals surface area contributed by atoms with E-state index in [0.29, 0.717) is 6.04 Å². The van der Waals surface area contributed by atoms with Gasteiger partial charge in [0.2, 0.25) is 0 Å². The van der Waals surface area contributed by atoms with Gasteiger partial charge >= 0.3 is 0 Å². The molecule has 4 heterocycles. The molecule has 0 amide bonds. The van der Waals surface area contributed by atoms with Gasteiger partial charge in [0, 0.05) is 30.7 Å². The lowest BCUT2D eigenvalue weighted by Crippen LogP contribution is -2.53. The summed E-state index contributed by atoms with van der Waals surface area (Å²) in [5.74, 6) is 0.860. The third-order valence-corrected chi connectivity index (χ3v) is 4.87. The van der Waals surface area contributed by atoms with Crippen LogP contribution in [-0.4, -0.2) is 40.4 Å². The molecule has 3 aliphatic rings. The fourth-order valence-corrected chi connectivity index (χ4v) is 3.63. The van der Waals surface area contributed by atoms with Crippen molar-refractivity contribution in [2.45, 2.75) is 25.4 Å². The van der Waals surface area contributed by atoms with Gasteiger partial charge in [-0.05, 0) is 55.6 Å². The summed E-state index contributed by atoms with van der Waals surface area (Å²) < 4.78 is 1.95. The number of piperidine rings is 3. The van der Waals surface area contributed by atoms with Crippen LogP contribution in [0.2, 0.25) is 0 Å². The van der Waals surface area contributed by atoms with Gasteiger partial charge in [-0.15, -0.1) is 0 Å². The summed E-state index contributed by atoms with van der Waals surface area (Å²) in [6.45, 7) is 4.64. The zero-order valence-corrected chi connectivity index (χ0v) is 12.3. The molecule has 21 heavy (non-hydrogen) atoms. The lowest BCUT2D eigenvalue weighted by Gasteiger charge is -2.45. The summed E-state index contributed by atoms with van der Waals surface area (Å²) in [6.07, 6.45) is 6.53. The Hall–Kier alpha value is -1.81. The van der Waals surface area contributed by atoms with Crippen molar-refractivity contribution in [3.05, 3.63) is 48.3 Å². The molecule has 2 aromatic rings. The van der Waals surface area contributed by atoms with Gasteiger partial charge in [0.1, 0.15) is 0 Å². The van der Waals surface area contributed by atoms with E-state index in [9.17, 15) is 0 Å². The van der Waals surface area contributed by atoms with Crippen molar-refractivity contribution in [3.63, 3.8) is 0 Å². The summed E-state index contributed by atoms with van der Waals surface area (Å²) in [5.41, 5.74) is 2.54. The van der Waals surface area contributed by atoms with Crippen LogP contribution in [0.3, 0.4) is 0 Å². The number of nitrogens with one attached hydrogen (secondary N) is 1. The number of rotatable bonds is 4. The molecule has 4 heteroatoms. The zero-order chi connectivity index (χ0) is 14.1. The zero-order valence-electron chi connectivity index (χ0n) is 12.3. The largest absolute Gasteiger partial charge is 0.381 e. The monoisotopic (exact) mass is 282 g/mol. The first kappa shape index (κ1) is 12.9. The van der Waals surface area contributed by atoms with Crippen LogP contribution in [0.25, 0.3) is 0 Å². The number of aromatic nitrogens is 2. The number of anilines is 1. The highest BCUT2D eigenvalue weighted by atomic mass is 15.3. The third kappa shape index (κ3) is 2.81. The minimum absolute atomic E-state index is 0.629. The van der Waals surface area contributed by atoms with E-state index in [1.54, 1.807) is 0 Å². The second-order valence-electron chi connectivity index (χ2n) is 6.29. The van der Waals surface area contributed by atoms with E-state index >= 15 is 0 Å². The smallest absolute Gasteiger partial charge is 0.0659 e. The fourth-order valence-electron chi connectivity index (χ4n) is 3.63. The van der Waals surface area contributed by atoms with Gasteiger partial charge in [-0.2, -0.15) is 5.10 Å².